The van der Waals surface area contributed by atoms with E-state index in [0.717, 1.165) is 56.4 Å². The van der Waals surface area contributed by atoms with Crippen LogP contribution < -0.4 is 26.6 Å². The average Bonchev–Trinajstić information content (AvgIpc) is 2.95. The van der Waals surface area contributed by atoms with Gasteiger partial charge in [0, 0.05) is 37.5 Å². The van der Waals surface area contributed by atoms with Crippen LogP contribution in [0.1, 0.15) is 44.6 Å². The Balaban J connectivity index is 1.27. The molecule has 220 valence electrons. The van der Waals surface area contributed by atoms with Crippen LogP contribution in [0.4, 0.5) is 11.4 Å². The van der Waals surface area contributed by atoms with Crippen LogP contribution >= 0.6 is 23.2 Å². The zero-order chi connectivity index (χ0) is 29.5. The maximum Gasteiger partial charge on any atom is 0.224 e. The zero-order valence-electron chi connectivity index (χ0n) is 23.5. The largest absolute Gasteiger partial charge is 0.382 e. The first-order valence-corrected chi connectivity index (χ1v) is 14.9. The molecule has 3 rings (SSSR count). The van der Waals surface area contributed by atoms with E-state index in [1.807, 2.05) is 24.3 Å². The fourth-order valence-corrected chi connectivity index (χ4v) is 4.71. The molecule has 0 unspecified atom stereocenters. The summed E-state index contributed by atoms with van der Waals surface area (Å²) >= 11 is 12.6. The van der Waals surface area contributed by atoms with Crippen LogP contribution in [0.25, 0.3) is 0 Å². The van der Waals surface area contributed by atoms with Crippen LogP contribution in [-0.4, -0.2) is 50.2 Å². The molecule has 10 heteroatoms. The van der Waals surface area contributed by atoms with Gasteiger partial charge in [-0.05, 0) is 56.1 Å². The number of hydrogen-bond acceptors (Lipinski definition) is 7. The monoisotopic (exact) mass is 599 g/mol. The van der Waals surface area contributed by atoms with E-state index < -0.39 is 0 Å². The number of carbonyl (C=O) groups is 3. The minimum Gasteiger partial charge on any atom is -0.382 e. The number of para-hydroxylation sites is 2. The van der Waals surface area contributed by atoms with Crippen molar-refractivity contribution in [3.63, 3.8) is 0 Å². The predicted octanol–water partition coefficient (Wildman–Crippen LogP) is 5.05. The highest BCUT2D eigenvalue weighted by Gasteiger charge is 2.19. The van der Waals surface area contributed by atoms with Crippen molar-refractivity contribution in [2.24, 2.45) is 0 Å². The second kappa shape index (κ2) is 17.5. The van der Waals surface area contributed by atoms with Gasteiger partial charge < -0.3 is 26.6 Å². The molecule has 2 aromatic rings. The molecule has 0 fully saturated rings. The van der Waals surface area contributed by atoms with Crippen LogP contribution in [0.5, 0.6) is 0 Å². The van der Waals surface area contributed by atoms with Crippen LogP contribution in [0, 0.1) is 0 Å². The number of rotatable bonds is 18. The second-order valence-electron chi connectivity index (χ2n) is 9.77. The van der Waals surface area contributed by atoms with Gasteiger partial charge in [-0.15, -0.1) is 0 Å². The highest BCUT2D eigenvalue weighted by atomic mass is 35.5. The first kappa shape index (κ1) is 32.2. The standard InChI is InChI=1S/C31H39Cl2N5O3/c1-2-3-6-16-35-26-20-29(40)27(21-28(26)39)36-17-8-14-34-15-9-18-37-30(41)19-22-10-4-5-13-25(22)38-31-23(32)11-7-12-24(31)33/h4-5,7,10-13,20-21,34-36,38H,2-3,6,8-9,14-19H2,1H3,(H,37,41). The highest BCUT2D eigenvalue weighted by Crippen LogP contribution is 2.33. The van der Waals surface area contributed by atoms with Crippen molar-refractivity contribution in [1.82, 2.24) is 21.3 Å². The molecule has 0 saturated carbocycles. The Bertz CT molecular complexity index is 1240. The molecule has 0 saturated heterocycles. The van der Waals surface area contributed by atoms with Gasteiger partial charge in [0.1, 0.15) is 0 Å². The molecule has 5 N–H and O–H groups in total. The number of carbonyl (C=O) groups excluding carboxylic acids is 3. The highest BCUT2D eigenvalue weighted by molar-refractivity contribution is 6.39. The van der Waals surface area contributed by atoms with Crippen molar-refractivity contribution in [2.45, 2.75) is 45.4 Å². The molecule has 0 radical (unpaired) electrons. The van der Waals surface area contributed by atoms with Gasteiger partial charge in [-0.1, -0.05) is 67.2 Å². The van der Waals surface area contributed by atoms with Crippen LogP contribution in [-0.2, 0) is 20.8 Å². The third-order valence-electron chi connectivity index (χ3n) is 6.47. The molecule has 0 aromatic heterocycles. The Kier molecular flexibility index (Phi) is 13.7. The predicted molar refractivity (Wildman–Crippen MR) is 167 cm³/mol. The van der Waals surface area contributed by atoms with E-state index in [0.29, 0.717) is 46.8 Å². The van der Waals surface area contributed by atoms with E-state index in [2.05, 4.69) is 33.5 Å². The van der Waals surface area contributed by atoms with Gasteiger partial charge in [-0.3, -0.25) is 14.4 Å². The fraction of sp³-hybridized carbons (Fsp3) is 0.387. The summed E-state index contributed by atoms with van der Waals surface area (Å²) in [5.41, 5.74) is 2.93. The van der Waals surface area contributed by atoms with Gasteiger partial charge >= 0.3 is 0 Å². The number of ketones is 2. The fourth-order valence-electron chi connectivity index (χ4n) is 4.22. The number of allylic oxidation sites excluding steroid dienone is 2. The van der Waals surface area contributed by atoms with Gasteiger partial charge in [-0.2, -0.15) is 0 Å². The smallest absolute Gasteiger partial charge is 0.224 e. The first-order chi connectivity index (χ1) is 19.9. The summed E-state index contributed by atoms with van der Waals surface area (Å²) < 4.78 is 0. The molecule has 0 heterocycles. The molecular weight excluding hydrogens is 561 g/mol. The summed E-state index contributed by atoms with van der Waals surface area (Å²) in [6.45, 7) is 5.44. The van der Waals surface area contributed by atoms with E-state index in [-0.39, 0.29) is 23.9 Å². The number of halogens is 2. The Labute approximate surface area is 252 Å². The minimum atomic E-state index is -0.183. The lowest BCUT2D eigenvalue weighted by atomic mass is 10.1. The minimum absolute atomic E-state index is 0.0676. The lowest BCUT2D eigenvalue weighted by Gasteiger charge is -2.15. The van der Waals surface area contributed by atoms with E-state index >= 15 is 0 Å². The lowest BCUT2D eigenvalue weighted by Crippen LogP contribution is -2.31. The van der Waals surface area contributed by atoms with Gasteiger partial charge in [0.05, 0.1) is 33.5 Å². The number of amides is 1. The number of hydrogen-bond donors (Lipinski definition) is 5. The van der Waals surface area contributed by atoms with E-state index in [1.165, 1.54) is 12.2 Å². The average molecular weight is 601 g/mol. The summed E-state index contributed by atoms with van der Waals surface area (Å²) in [5.74, 6) is -0.423. The normalized spacial score (nSPS) is 13.0. The van der Waals surface area contributed by atoms with Crippen molar-refractivity contribution in [2.75, 3.05) is 38.0 Å². The maximum atomic E-state index is 12.5. The Hall–Kier alpha value is -3.33. The molecule has 0 spiro atoms. The number of benzene rings is 2. The first-order valence-electron chi connectivity index (χ1n) is 14.1. The number of nitrogens with one attached hydrogen (secondary N) is 5. The zero-order valence-corrected chi connectivity index (χ0v) is 25.0. The number of unbranched alkanes of at least 4 members (excludes halogenated alkanes) is 2. The van der Waals surface area contributed by atoms with Crippen molar-refractivity contribution >= 4 is 52.1 Å². The van der Waals surface area contributed by atoms with Crippen molar-refractivity contribution < 1.29 is 14.4 Å². The molecular formula is C31H39Cl2N5O3. The van der Waals surface area contributed by atoms with E-state index in [4.69, 9.17) is 23.2 Å². The van der Waals surface area contributed by atoms with Gasteiger partial charge in [0.2, 0.25) is 17.5 Å². The van der Waals surface area contributed by atoms with Crippen LogP contribution in [0.2, 0.25) is 10.0 Å². The van der Waals surface area contributed by atoms with Gasteiger partial charge in [-0.25, -0.2) is 0 Å². The van der Waals surface area contributed by atoms with E-state index in [9.17, 15) is 14.4 Å². The van der Waals surface area contributed by atoms with Gasteiger partial charge in [0.25, 0.3) is 0 Å². The maximum absolute atomic E-state index is 12.5. The van der Waals surface area contributed by atoms with Crippen molar-refractivity contribution in [1.29, 1.82) is 0 Å². The van der Waals surface area contributed by atoms with Gasteiger partial charge in [0.15, 0.2) is 0 Å². The molecule has 1 aliphatic carbocycles. The summed E-state index contributed by atoms with van der Waals surface area (Å²) in [5, 5.41) is 16.7. The van der Waals surface area contributed by atoms with Crippen molar-refractivity contribution in [3.8, 4) is 0 Å². The molecule has 0 bridgehead atoms. The Morgan fingerprint density at radius 1 is 0.732 bits per heavy atom. The second-order valence-corrected chi connectivity index (χ2v) is 10.6. The number of anilines is 2. The third-order valence-corrected chi connectivity index (χ3v) is 7.10. The SMILES string of the molecule is CCCCCNC1=CC(=O)C(NCCCNCCCNC(=O)Cc2ccccc2Nc2c(Cl)cccc2Cl)=CC1=O. The van der Waals surface area contributed by atoms with E-state index in [1.54, 1.807) is 18.2 Å². The third kappa shape index (κ3) is 10.9. The van der Waals surface area contributed by atoms with Crippen LogP contribution in [0.3, 0.4) is 0 Å². The molecule has 0 aliphatic heterocycles. The summed E-state index contributed by atoms with van der Waals surface area (Å²) in [7, 11) is 0. The molecule has 41 heavy (non-hydrogen) atoms. The van der Waals surface area contributed by atoms with Crippen molar-refractivity contribution in [3.05, 3.63) is 81.6 Å². The summed E-state index contributed by atoms with van der Waals surface area (Å²) in [6.07, 6.45) is 7.71. The summed E-state index contributed by atoms with van der Waals surface area (Å²) in [6, 6.07) is 12.9. The molecule has 2 aromatic carbocycles. The Morgan fingerprint density at radius 3 is 2.00 bits per heavy atom. The molecule has 0 atom stereocenters. The van der Waals surface area contributed by atoms with Crippen LogP contribution in [0.15, 0.2) is 66.0 Å². The molecule has 1 aliphatic rings. The lowest BCUT2D eigenvalue weighted by molar-refractivity contribution is -0.120. The molecule has 8 nitrogen and oxygen atoms in total. The molecule has 1 amide bonds. The topological polar surface area (TPSA) is 111 Å². The Morgan fingerprint density at radius 2 is 1.34 bits per heavy atom. The quantitative estimate of drug-likeness (QED) is 0.120. The summed E-state index contributed by atoms with van der Waals surface area (Å²) in [4.78, 5) is 37.1.